The molecule has 0 aliphatic carbocycles. The second-order valence-electron chi connectivity index (χ2n) is 3.05. The molecule has 0 saturated heterocycles. The summed E-state index contributed by atoms with van der Waals surface area (Å²) in [5.74, 6) is 0.395. The minimum absolute atomic E-state index is 0.248. The van der Waals surface area contributed by atoms with Gasteiger partial charge in [0.2, 0.25) is 5.88 Å². The van der Waals surface area contributed by atoms with E-state index in [4.69, 9.17) is 22.7 Å². The molecule has 82 valence electrons. The summed E-state index contributed by atoms with van der Waals surface area (Å²) in [7, 11) is 1.75. The maximum atomic E-state index is 5.44. The van der Waals surface area contributed by atoms with Crippen LogP contribution in [-0.4, -0.2) is 24.7 Å². The van der Waals surface area contributed by atoms with Crippen molar-refractivity contribution in [1.82, 2.24) is 19.7 Å². The van der Waals surface area contributed by atoms with Gasteiger partial charge in [-0.1, -0.05) is 12.2 Å². The summed E-state index contributed by atoms with van der Waals surface area (Å²) >= 11 is 4.81. The van der Waals surface area contributed by atoms with Crippen molar-refractivity contribution in [3.05, 3.63) is 30.2 Å². The lowest BCUT2D eigenvalue weighted by Crippen LogP contribution is -2.09. The number of nitrogens with zero attached hydrogens (tertiary/aromatic N) is 4. The summed E-state index contributed by atoms with van der Waals surface area (Å²) in [5.41, 5.74) is 6.13. The molecule has 2 aromatic heterocycles. The SMILES string of the molecule is Cn1cnc(Oc2ccc(C(N)=S)cn2)n1. The van der Waals surface area contributed by atoms with E-state index in [-0.39, 0.29) is 6.01 Å². The average molecular weight is 235 g/mol. The van der Waals surface area contributed by atoms with Gasteiger partial charge in [-0.05, 0) is 6.07 Å². The number of rotatable bonds is 3. The fourth-order valence-electron chi connectivity index (χ4n) is 1.05. The molecule has 0 atom stereocenters. The number of aromatic nitrogens is 4. The van der Waals surface area contributed by atoms with Crippen LogP contribution in [0.5, 0.6) is 11.9 Å². The van der Waals surface area contributed by atoms with Crippen LogP contribution in [0, 0.1) is 0 Å². The van der Waals surface area contributed by atoms with Gasteiger partial charge in [0.25, 0.3) is 0 Å². The summed E-state index contributed by atoms with van der Waals surface area (Å²) in [5, 5.41) is 3.96. The predicted octanol–water partition coefficient (Wildman–Crippen LogP) is 0.637. The molecule has 0 bridgehead atoms. The first-order chi connectivity index (χ1) is 7.65. The minimum Gasteiger partial charge on any atom is -0.404 e. The highest BCUT2D eigenvalue weighted by Crippen LogP contribution is 2.14. The zero-order chi connectivity index (χ0) is 11.5. The first-order valence-electron chi connectivity index (χ1n) is 4.44. The summed E-state index contributed by atoms with van der Waals surface area (Å²) in [4.78, 5) is 8.23. The van der Waals surface area contributed by atoms with Crippen LogP contribution in [0.25, 0.3) is 0 Å². The van der Waals surface area contributed by atoms with E-state index < -0.39 is 0 Å². The van der Waals surface area contributed by atoms with Gasteiger partial charge < -0.3 is 10.5 Å². The summed E-state index contributed by atoms with van der Waals surface area (Å²) < 4.78 is 6.84. The Balaban J connectivity index is 2.14. The summed E-state index contributed by atoms with van der Waals surface area (Å²) in [6.07, 6.45) is 3.08. The van der Waals surface area contributed by atoms with Crippen LogP contribution in [0.2, 0.25) is 0 Å². The highest BCUT2D eigenvalue weighted by molar-refractivity contribution is 7.80. The average Bonchev–Trinajstić information content (AvgIpc) is 2.65. The zero-order valence-corrected chi connectivity index (χ0v) is 9.31. The lowest BCUT2D eigenvalue weighted by Gasteiger charge is -2.00. The monoisotopic (exact) mass is 235 g/mol. The molecule has 16 heavy (non-hydrogen) atoms. The van der Waals surface area contributed by atoms with Crippen LogP contribution in [0.3, 0.4) is 0 Å². The Bertz CT molecular complexity index is 507. The maximum Gasteiger partial charge on any atom is 0.342 e. The Kier molecular flexibility index (Phi) is 2.78. The van der Waals surface area contributed by atoms with Crippen LogP contribution >= 0.6 is 12.2 Å². The molecule has 0 aromatic carbocycles. The van der Waals surface area contributed by atoms with E-state index >= 15 is 0 Å². The number of nitrogens with two attached hydrogens (primary N) is 1. The minimum atomic E-state index is 0.248. The summed E-state index contributed by atoms with van der Waals surface area (Å²) in [6.45, 7) is 0. The number of pyridine rings is 1. The Morgan fingerprint density at radius 3 is 2.75 bits per heavy atom. The molecule has 2 N–H and O–H groups in total. The van der Waals surface area contributed by atoms with Gasteiger partial charge in [0, 0.05) is 24.9 Å². The van der Waals surface area contributed by atoms with Crippen molar-refractivity contribution in [2.24, 2.45) is 12.8 Å². The van der Waals surface area contributed by atoms with E-state index in [0.717, 1.165) is 0 Å². The van der Waals surface area contributed by atoms with Gasteiger partial charge in [-0.3, -0.25) is 4.68 Å². The third kappa shape index (κ3) is 2.31. The maximum absolute atomic E-state index is 5.44. The summed E-state index contributed by atoms with van der Waals surface area (Å²) in [6, 6.07) is 3.64. The van der Waals surface area contributed by atoms with E-state index in [1.807, 2.05) is 0 Å². The van der Waals surface area contributed by atoms with Crippen LogP contribution in [0.4, 0.5) is 0 Å². The standard InChI is InChI=1S/C9H9N5OS/c1-14-5-12-9(13-14)15-7-3-2-6(4-11-7)8(10)16/h2-5H,1H3,(H2,10,16). The molecule has 0 radical (unpaired) electrons. The number of hydrogen-bond acceptors (Lipinski definition) is 5. The van der Waals surface area contributed by atoms with E-state index in [1.54, 1.807) is 36.4 Å². The van der Waals surface area contributed by atoms with Crippen molar-refractivity contribution in [3.63, 3.8) is 0 Å². The third-order valence-electron chi connectivity index (χ3n) is 1.80. The Morgan fingerprint density at radius 1 is 1.44 bits per heavy atom. The van der Waals surface area contributed by atoms with Gasteiger partial charge in [0.15, 0.2) is 0 Å². The highest BCUT2D eigenvalue weighted by atomic mass is 32.1. The first kappa shape index (κ1) is 10.5. The van der Waals surface area contributed by atoms with Crippen LogP contribution in [0.1, 0.15) is 5.56 Å². The van der Waals surface area contributed by atoms with Gasteiger partial charge >= 0.3 is 6.01 Å². The molecule has 2 aromatic rings. The molecule has 0 saturated carbocycles. The number of thiocarbonyl (C=S) groups is 1. The fraction of sp³-hybridized carbons (Fsp3) is 0.111. The number of hydrogen-bond donors (Lipinski definition) is 1. The first-order valence-corrected chi connectivity index (χ1v) is 4.85. The highest BCUT2D eigenvalue weighted by Gasteiger charge is 2.03. The lowest BCUT2D eigenvalue weighted by atomic mass is 10.3. The van der Waals surface area contributed by atoms with Crippen LogP contribution < -0.4 is 10.5 Å². The second kappa shape index (κ2) is 4.23. The van der Waals surface area contributed by atoms with E-state index in [1.165, 1.54) is 0 Å². The fourth-order valence-corrected chi connectivity index (χ4v) is 1.17. The van der Waals surface area contributed by atoms with E-state index in [2.05, 4.69) is 15.1 Å². The van der Waals surface area contributed by atoms with Crippen LogP contribution in [-0.2, 0) is 7.05 Å². The number of aryl methyl sites for hydroxylation is 1. The topological polar surface area (TPSA) is 78.9 Å². The zero-order valence-electron chi connectivity index (χ0n) is 8.49. The quantitative estimate of drug-likeness (QED) is 0.786. The molecule has 0 amide bonds. The third-order valence-corrected chi connectivity index (χ3v) is 2.03. The molecular weight excluding hydrogens is 226 g/mol. The predicted molar refractivity (Wildman–Crippen MR) is 61.2 cm³/mol. The lowest BCUT2D eigenvalue weighted by molar-refractivity contribution is 0.422. The van der Waals surface area contributed by atoms with Gasteiger partial charge in [-0.25, -0.2) is 4.98 Å². The van der Waals surface area contributed by atoms with Gasteiger partial charge in [-0.2, -0.15) is 4.98 Å². The van der Waals surface area contributed by atoms with Crippen molar-refractivity contribution in [1.29, 1.82) is 0 Å². The van der Waals surface area contributed by atoms with Crippen molar-refractivity contribution >= 4 is 17.2 Å². The largest absolute Gasteiger partial charge is 0.404 e. The molecule has 0 unspecified atom stereocenters. The molecule has 0 fully saturated rings. The number of ether oxygens (including phenoxy) is 1. The second-order valence-corrected chi connectivity index (χ2v) is 3.49. The smallest absolute Gasteiger partial charge is 0.342 e. The molecule has 0 aliphatic heterocycles. The molecule has 0 aliphatic rings. The molecule has 6 nitrogen and oxygen atoms in total. The Hall–Kier alpha value is -2.02. The molecule has 0 spiro atoms. The molecular formula is C9H9N5OS. The van der Waals surface area contributed by atoms with Crippen molar-refractivity contribution in [2.75, 3.05) is 0 Å². The Morgan fingerprint density at radius 2 is 2.25 bits per heavy atom. The molecule has 2 rings (SSSR count). The van der Waals surface area contributed by atoms with E-state index in [9.17, 15) is 0 Å². The van der Waals surface area contributed by atoms with Crippen molar-refractivity contribution < 1.29 is 4.74 Å². The Labute approximate surface area is 97.1 Å². The van der Waals surface area contributed by atoms with Crippen molar-refractivity contribution in [3.8, 4) is 11.9 Å². The van der Waals surface area contributed by atoms with E-state index in [0.29, 0.717) is 16.4 Å². The van der Waals surface area contributed by atoms with Gasteiger partial charge in [-0.15, -0.1) is 5.10 Å². The molecule has 2 heterocycles. The van der Waals surface area contributed by atoms with Crippen molar-refractivity contribution in [2.45, 2.75) is 0 Å². The van der Waals surface area contributed by atoms with Crippen LogP contribution in [0.15, 0.2) is 24.7 Å². The normalized spacial score (nSPS) is 10.1. The van der Waals surface area contributed by atoms with Gasteiger partial charge in [0.05, 0.1) is 0 Å². The molecule has 7 heteroatoms. The van der Waals surface area contributed by atoms with Gasteiger partial charge in [0.1, 0.15) is 11.3 Å².